The number of hydrogen-bond donors (Lipinski definition) is 3. The van der Waals surface area contributed by atoms with Gasteiger partial charge in [0, 0.05) is 22.4 Å². The molecule has 5 heteroatoms. The van der Waals surface area contributed by atoms with Gasteiger partial charge in [-0.3, -0.25) is 5.10 Å². The van der Waals surface area contributed by atoms with Crippen LogP contribution < -0.4 is 5.32 Å². The highest BCUT2D eigenvalue weighted by molar-refractivity contribution is 5.68. The summed E-state index contributed by atoms with van der Waals surface area (Å²) in [5.74, 6) is 0.220. The number of hydrogen-bond acceptors (Lipinski definition) is 4. The first-order chi connectivity index (χ1) is 16.8. The molecule has 0 fully saturated rings. The van der Waals surface area contributed by atoms with Gasteiger partial charge in [0.15, 0.2) is 6.23 Å². The number of aromatic nitrogens is 2. The minimum absolute atomic E-state index is 0.220. The van der Waals surface area contributed by atoms with Gasteiger partial charge in [-0.2, -0.15) is 5.10 Å². The molecule has 4 aromatic carbocycles. The summed E-state index contributed by atoms with van der Waals surface area (Å²) < 4.78 is 7.08. The molecule has 0 spiro atoms. The van der Waals surface area contributed by atoms with Crippen LogP contribution in [0.2, 0.25) is 0 Å². The summed E-state index contributed by atoms with van der Waals surface area (Å²) >= 11 is 0. The zero-order valence-corrected chi connectivity index (χ0v) is 18.3. The molecule has 0 saturated heterocycles. The van der Waals surface area contributed by atoms with Crippen molar-refractivity contribution >= 4 is 5.69 Å². The van der Waals surface area contributed by atoms with Gasteiger partial charge in [0.25, 0.3) is 0 Å². The summed E-state index contributed by atoms with van der Waals surface area (Å²) in [5, 5.41) is 20.8. The fraction of sp³-hybridized carbons (Fsp3) is 0.0690. The SMILES string of the molecule is Oc1ccc(-c2[nH]ncc2[C@@H]2Nc3ccccc3C(c3ccccc3)(c3ccccc3)O2)cc1. The third kappa shape index (κ3) is 3.26. The Hall–Kier alpha value is -4.35. The van der Waals surface area contributed by atoms with E-state index >= 15 is 0 Å². The zero-order chi connectivity index (χ0) is 23.0. The maximum Gasteiger partial charge on any atom is 0.159 e. The molecule has 0 saturated carbocycles. The lowest BCUT2D eigenvalue weighted by molar-refractivity contribution is -0.0429. The second kappa shape index (κ2) is 8.21. The van der Waals surface area contributed by atoms with Crippen LogP contribution in [0.15, 0.2) is 115 Å². The molecule has 34 heavy (non-hydrogen) atoms. The molecule has 2 heterocycles. The van der Waals surface area contributed by atoms with E-state index in [4.69, 9.17) is 4.74 Å². The van der Waals surface area contributed by atoms with Crippen molar-refractivity contribution in [2.24, 2.45) is 0 Å². The third-order valence-corrected chi connectivity index (χ3v) is 6.36. The molecule has 5 nitrogen and oxygen atoms in total. The molecular weight excluding hydrogens is 422 g/mol. The van der Waals surface area contributed by atoms with Crippen LogP contribution in [-0.4, -0.2) is 15.3 Å². The van der Waals surface area contributed by atoms with E-state index in [1.54, 1.807) is 18.3 Å². The number of benzene rings is 4. The minimum Gasteiger partial charge on any atom is -0.508 e. The fourth-order valence-electron chi connectivity index (χ4n) is 4.78. The number of H-pyrrole nitrogens is 1. The van der Waals surface area contributed by atoms with Crippen molar-refractivity contribution in [1.29, 1.82) is 0 Å². The van der Waals surface area contributed by atoms with Crippen molar-refractivity contribution in [2.45, 2.75) is 11.8 Å². The lowest BCUT2D eigenvalue weighted by atomic mass is 9.78. The molecule has 166 valence electrons. The average molecular weight is 446 g/mol. The number of phenols is 1. The van der Waals surface area contributed by atoms with Crippen molar-refractivity contribution in [1.82, 2.24) is 10.2 Å². The molecule has 1 aliphatic heterocycles. The van der Waals surface area contributed by atoms with Crippen molar-refractivity contribution in [3.63, 3.8) is 0 Å². The molecule has 0 unspecified atom stereocenters. The summed E-state index contributed by atoms with van der Waals surface area (Å²) in [5.41, 5.74) is 5.98. The molecule has 3 N–H and O–H groups in total. The second-order valence-corrected chi connectivity index (χ2v) is 8.35. The number of aromatic hydroxyl groups is 1. The standard InChI is InChI=1S/C29H23N3O2/c33-23-17-15-20(16-18-23)27-24(19-30-32-27)28-31-26-14-8-7-13-25(26)29(34-28,21-9-3-1-4-10-21)22-11-5-2-6-12-22/h1-19,28,31,33H,(H,30,32)/t28-/m1/s1. The van der Waals surface area contributed by atoms with Crippen molar-refractivity contribution in [3.05, 3.63) is 138 Å². The summed E-state index contributed by atoms with van der Waals surface area (Å²) in [4.78, 5) is 0. The Kier molecular flexibility index (Phi) is 4.90. The predicted octanol–water partition coefficient (Wildman–Crippen LogP) is 6.22. The number of nitrogens with zero attached hydrogens (tertiary/aromatic N) is 1. The number of ether oxygens (including phenoxy) is 1. The lowest BCUT2D eigenvalue weighted by Crippen LogP contribution is -2.40. The highest BCUT2D eigenvalue weighted by Crippen LogP contribution is 2.50. The van der Waals surface area contributed by atoms with E-state index in [1.807, 2.05) is 60.7 Å². The van der Waals surface area contributed by atoms with Crippen LogP contribution in [0, 0.1) is 0 Å². The highest BCUT2D eigenvalue weighted by Gasteiger charge is 2.45. The summed E-state index contributed by atoms with van der Waals surface area (Å²) in [7, 11) is 0. The van der Waals surface area contributed by atoms with Crippen molar-refractivity contribution < 1.29 is 9.84 Å². The number of nitrogens with one attached hydrogen (secondary N) is 2. The first-order valence-electron chi connectivity index (χ1n) is 11.2. The molecule has 1 aromatic heterocycles. The van der Waals surface area contributed by atoms with Gasteiger partial charge in [-0.05, 0) is 41.5 Å². The molecule has 0 bridgehead atoms. The maximum atomic E-state index is 9.74. The smallest absolute Gasteiger partial charge is 0.159 e. The average Bonchev–Trinajstić information content (AvgIpc) is 3.39. The van der Waals surface area contributed by atoms with Gasteiger partial charge in [0.2, 0.25) is 0 Å². The normalized spacial score (nSPS) is 16.4. The number of aromatic amines is 1. The highest BCUT2D eigenvalue weighted by atomic mass is 16.5. The van der Waals surface area contributed by atoms with Gasteiger partial charge in [-0.15, -0.1) is 0 Å². The van der Waals surface area contributed by atoms with E-state index in [2.05, 4.69) is 51.9 Å². The monoisotopic (exact) mass is 445 g/mol. The zero-order valence-electron chi connectivity index (χ0n) is 18.3. The van der Waals surface area contributed by atoms with Gasteiger partial charge in [0.1, 0.15) is 11.4 Å². The van der Waals surface area contributed by atoms with E-state index in [0.29, 0.717) is 0 Å². The Balaban J connectivity index is 1.56. The molecule has 5 aromatic rings. The molecule has 1 atom stereocenters. The first kappa shape index (κ1) is 20.3. The summed E-state index contributed by atoms with van der Waals surface area (Å²) in [6, 6.07) is 36.0. The summed E-state index contributed by atoms with van der Waals surface area (Å²) in [6.45, 7) is 0. The summed E-state index contributed by atoms with van der Waals surface area (Å²) in [6.07, 6.45) is 1.33. The number of fused-ring (bicyclic) bond motifs is 1. The van der Waals surface area contributed by atoms with Crippen LogP contribution in [0.3, 0.4) is 0 Å². The van der Waals surface area contributed by atoms with Gasteiger partial charge >= 0.3 is 0 Å². The van der Waals surface area contributed by atoms with E-state index < -0.39 is 11.8 Å². The van der Waals surface area contributed by atoms with Crippen LogP contribution in [-0.2, 0) is 10.3 Å². The van der Waals surface area contributed by atoms with Crippen molar-refractivity contribution in [3.8, 4) is 17.0 Å². The number of rotatable bonds is 4. The number of para-hydroxylation sites is 1. The largest absolute Gasteiger partial charge is 0.508 e. The maximum absolute atomic E-state index is 9.74. The van der Waals surface area contributed by atoms with Gasteiger partial charge in [0.05, 0.1) is 11.9 Å². The van der Waals surface area contributed by atoms with E-state index in [0.717, 1.165) is 39.2 Å². The quantitative estimate of drug-likeness (QED) is 0.307. The third-order valence-electron chi connectivity index (χ3n) is 6.36. The molecule has 0 aliphatic carbocycles. The Morgan fingerprint density at radius 2 is 1.35 bits per heavy atom. The fourth-order valence-corrected chi connectivity index (χ4v) is 4.78. The predicted molar refractivity (Wildman–Crippen MR) is 132 cm³/mol. The molecular formula is C29H23N3O2. The Bertz CT molecular complexity index is 1370. The van der Waals surface area contributed by atoms with Crippen LogP contribution in [0.25, 0.3) is 11.3 Å². The Morgan fingerprint density at radius 3 is 2.03 bits per heavy atom. The molecule has 0 amide bonds. The van der Waals surface area contributed by atoms with Crippen LogP contribution in [0.1, 0.15) is 28.5 Å². The van der Waals surface area contributed by atoms with Crippen LogP contribution >= 0.6 is 0 Å². The molecule has 0 radical (unpaired) electrons. The number of phenolic OH excluding ortho intramolecular Hbond substituents is 1. The van der Waals surface area contributed by atoms with Crippen LogP contribution in [0.5, 0.6) is 5.75 Å². The first-order valence-corrected chi connectivity index (χ1v) is 11.2. The van der Waals surface area contributed by atoms with Gasteiger partial charge in [-0.1, -0.05) is 78.9 Å². The van der Waals surface area contributed by atoms with Gasteiger partial charge in [-0.25, -0.2) is 0 Å². The van der Waals surface area contributed by atoms with E-state index in [9.17, 15) is 5.11 Å². The lowest BCUT2D eigenvalue weighted by Gasteiger charge is -2.44. The van der Waals surface area contributed by atoms with Crippen molar-refractivity contribution in [2.75, 3.05) is 5.32 Å². The van der Waals surface area contributed by atoms with Gasteiger partial charge < -0.3 is 15.2 Å². The Morgan fingerprint density at radius 1 is 0.735 bits per heavy atom. The van der Waals surface area contributed by atoms with E-state index in [-0.39, 0.29) is 5.75 Å². The molecule has 1 aliphatic rings. The van der Waals surface area contributed by atoms with E-state index in [1.165, 1.54) is 0 Å². The topological polar surface area (TPSA) is 70.2 Å². The Labute approximate surface area is 197 Å². The minimum atomic E-state index is -0.821. The molecule has 6 rings (SSSR count). The second-order valence-electron chi connectivity index (χ2n) is 8.35. The van der Waals surface area contributed by atoms with Crippen LogP contribution in [0.4, 0.5) is 5.69 Å². The number of anilines is 1.